The third-order valence-corrected chi connectivity index (χ3v) is 4.37. The SMILES string of the molecule is CCCNC(CSc1ccccc1)c1cc(C)cnc1N. The highest BCUT2D eigenvalue weighted by atomic mass is 32.2. The van der Waals surface area contributed by atoms with E-state index in [4.69, 9.17) is 5.73 Å². The van der Waals surface area contributed by atoms with Crippen molar-refractivity contribution in [3.05, 3.63) is 53.7 Å². The van der Waals surface area contributed by atoms with Gasteiger partial charge in [0.25, 0.3) is 0 Å². The molecular formula is C17H23N3S. The van der Waals surface area contributed by atoms with Gasteiger partial charge in [-0.3, -0.25) is 0 Å². The van der Waals surface area contributed by atoms with Crippen molar-refractivity contribution < 1.29 is 0 Å². The van der Waals surface area contributed by atoms with E-state index in [0.29, 0.717) is 5.82 Å². The Morgan fingerprint density at radius 1 is 1.29 bits per heavy atom. The number of nitrogens with two attached hydrogens (primary N) is 1. The fourth-order valence-corrected chi connectivity index (χ4v) is 3.16. The summed E-state index contributed by atoms with van der Waals surface area (Å²) < 4.78 is 0. The second-order valence-electron chi connectivity index (χ2n) is 5.12. The van der Waals surface area contributed by atoms with Gasteiger partial charge in [-0.15, -0.1) is 11.8 Å². The second kappa shape index (κ2) is 8.05. The van der Waals surface area contributed by atoms with Crippen molar-refractivity contribution in [3.63, 3.8) is 0 Å². The molecule has 1 atom stereocenters. The molecule has 0 radical (unpaired) electrons. The molecule has 2 aromatic rings. The molecule has 0 spiro atoms. The predicted octanol–water partition coefficient (Wildman–Crippen LogP) is 3.81. The van der Waals surface area contributed by atoms with Crippen LogP contribution in [-0.4, -0.2) is 17.3 Å². The van der Waals surface area contributed by atoms with E-state index in [2.05, 4.69) is 54.5 Å². The molecule has 0 saturated heterocycles. The quantitative estimate of drug-likeness (QED) is 0.764. The predicted molar refractivity (Wildman–Crippen MR) is 91.6 cm³/mol. The first-order valence-corrected chi connectivity index (χ1v) is 8.32. The van der Waals surface area contributed by atoms with Crippen LogP contribution >= 0.6 is 11.8 Å². The topological polar surface area (TPSA) is 50.9 Å². The Balaban J connectivity index is 2.12. The number of nitrogens with one attached hydrogen (secondary N) is 1. The van der Waals surface area contributed by atoms with Crippen molar-refractivity contribution in [3.8, 4) is 0 Å². The first-order chi connectivity index (χ1) is 10.2. The number of hydrogen-bond donors (Lipinski definition) is 2. The maximum absolute atomic E-state index is 6.07. The molecule has 0 saturated carbocycles. The summed E-state index contributed by atoms with van der Waals surface area (Å²) in [5.41, 5.74) is 8.32. The summed E-state index contributed by atoms with van der Waals surface area (Å²) in [7, 11) is 0. The molecule has 0 bridgehead atoms. The van der Waals surface area contributed by atoms with E-state index in [1.165, 1.54) is 4.90 Å². The Kier molecular flexibility index (Phi) is 6.08. The van der Waals surface area contributed by atoms with Gasteiger partial charge >= 0.3 is 0 Å². The van der Waals surface area contributed by atoms with Gasteiger partial charge in [0.15, 0.2) is 0 Å². The smallest absolute Gasteiger partial charge is 0.128 e. The van der Waals surface area contributed by atoms with Crippen molar-refractivity contribution in [1.82, 2.24) is 10.3 Å². The van der Waals surface area contributed by atoms with Gasteiger partial charge in [0.1, 0.15) is 5.82 Å². The van der Waals surface area contributed by atoms with Crippen LogP contribution in [0.1, 0.15) is 30.5 Å². The highest BCUT2D eigenvalue weighted by Gasteiger charge is 2.15. The first kappa shape index (κ1) is 15.9. The summed E-state index contributed by atoms with van der Waals surface area (Å²) in [5.74, 6) is 1.57. The molecule has 3 N–H and O–H groups in total. The summed E-state index contributed by atoms with van der Waals surface area (Å²) in [6.45, 7) is 5.21. The monoisotopic (exact) mass is 301 g/mol. The molecular weight excluding hydrogens is 278 g/mol. The number of thioether (sulfide) groups is 1. The number of benzene rings is 1. The van der Waals surface area contributed by atoms with Crippen LogP contribution in [0.25, 0.3) is 0 Å². The maximum Gasteiger partial charge on any atom is 0.128 e. The number of hydrogen-bond acceptors (Lipinski definition) is 4. The van der Waals surface area contributed by atoms with Gasteiger partial charge in [0.05, 0.1) is 0 Å². The molecule has 1 aromatic carbocycles. The van der Waals surface area contributed by atoms with Crippen molar-refractivity contribution >= 4 is 17.6 Å². The molecule has 0 amide bonds. The van der Waals surface area contributed by atoms with Crippen LogP contribution in [0.5, 0.6) is 0 Å². The van der Waals surface area contributed by atoms with Crippen LogP contribution in [0.3, 0.4) is 0 Å². The van der Waals surface area contributed by atoms with Crippen molar-refractivity contribution in [2.24, 2.45) is 0 Å². The molecule has 0 aliphatic rings. The highest BCUT2D eigenvalue weighted by molar-refractivity contribution is 7.99. The molecule has 1 heterocycles. The van der Waals surface area contributed by atoms with E-state index in [1.54, 1.807) is 0 Å². The lowest BCUT2D eigenvalue weighted by Gasteiger charge is -2.20. The lowest BCUT2D eigenvalue weighted by molar-refractivity contribution is 0.577. The molecule has 0 aliphatic carbocycles. The van der Waals surface area contributed by atoms with E-state index >= 15 is 0 Å². The molecule has 1 unspecified atom stereocenters. The van der Waals surface area contributed by atoms with Crippen LogP contribution in [0.2, 0.25) is 0 Å². The largest absolute Gasteiger partial charge is 0.383 e. The summed E-state index contributed by atoms with van der Waals surface area (Å²) in [6.07, 6.45) is 2.92. The number of aryl methyl sites for hydroxylation is 1. The van der Waals surface area contributed by atoms with Gasteiger partial charge in [-0.25, -0.2) is 4.98 Å². The summed E-state index contributed by atoms with van der Waals surface area (Å²) >= 11 is 1.84. The molecule has 0 fully saturated rings. The average molecular weight is 301 g/mol. The van der Waals surface area contributed by atoms with Gasteiger partial charge in [0, 0.05) is 28.5 Å². The Morgan fingerprint density at radius 2 is 2.05 bits per heavy atom. The zero-order valence-corrected chi connectivity index (χ0v) is 13.5. The van der Waals surface area contributed by atoms with Crippen molar-refractivity contribution in [1.29, 1.82) is 0 Å². The second-order valence-corrected chi connectivity index (χ2v) is 6.21. The fraction of sp³-hybridized carbons (Fsp3) is 0.353. The lowest BCUT2D eigenvalue weighted by Crippen LogP contribution is -2.25. The summed E-state index contributed by atoms with van der Waals surface area (Å²) in [6, 6.07) is 12.8. The Bertz CT molecular complexity index is 557. The van der Waals surface area contributed by atoms with Gasteiger partial charge in [0.2, 0.25) is 0 Å². The van der Waals surface area contributed by atoms with E-state index in [1.807, 2.05) is 24.0 Å². The van der Waals surface area contributed by atoms with Crippen LogP contribution in [0.15, 0.2) is 47.5 Å². The van der Waals surface area contributed by atoms with Gasteiger partial charge in [-0.1, -0.05) is 25.1 Å². The molecule has 0 aliphatic heterocycles. The number of nitrogens with zero attached hydrogens (tertiary/aromatic N) is 1. The standard InChI is InChI=1S/C17H23N3S/c1-3-9-19-16(12-21-14-7-5-4-6-8-14)15-10-13(2)11-20-17(15)18/h4-8,10-11,16,19H,3,9,12H2,1-2H3,(H2,18,20). The summed E-state index contributed by atoms with van der Waals surface area (Å²) in [4.78, 5) is 5.57. The molecule has 3 nitrogen and oxygen atoms in total. The normalized spacial score (nSPS) is 12.3. The minimum absolute atomic E-state index is 0.225. The minimum Gasteiger partial charge on any atom is -0.383 e. The third-order valence-electron chi connectivity index (χ3n) is 3.26. The highest BCUT2D eigenvalue weighted by Crippen LogP contribution is 2.27. The lowest BCUT2D eigenvalue weighted by atomic mass is 10.1. The molecule has 1 aromatic heterocycles. The average Bonchev–Trinajstić information content (AvgIpc) is 2.51. The van der Waals surface area contributed by atoms with Crippen LogP contribution < -0.4 is 11.1 Å². The number of pyridine rings is 1. The summed E-state index contributed by atoms with van der Waals surface area (Å²) in [5, 5.41) is 3.58. The zero-order chi connectivity index (χ0) is 15.1. The van der Waals surface area contributed by atoms with Crippen molar-refractivity contribution in [2.75, 3.05) is 18.0 Å². The third kappa shape index (κ3) is 4.76. The number of anilines is 1. The first-order valence-electron chi connectivity index (χ1n) is 7.34. The molecule has 2 rings (SSSR count). The number of nitrogen functional groups attached to an aromatic ring is 1. The maximum atomic E-state index is 6.07. The van der Waals surface area contributed by atoms with E-state index in [9.17, 15) is 0 Å². The number of aromatic nitrogens is 1. The van der Waals surface area contributed by atoms with E-state index in [0.717, 1.165) is 29.8 Å². The molecule has 4 heteroatoms. The van der Waals surface area contributed by atoms with Gasteiger partial charge in [-0.05, 0) is 43.7 Å². The van der Waals surface area contributed by atoms with E-state index < -0.39 is 0 Å². The Morgan fingerprint density at radius 3 is 2.76 bits per heavy atom. The minimum atomic E-state index is 0.225. The Hall–Kier alpha value is -1.52. The van der Waals surface area contributed by atoms with Crippen LogP contribution in [0, 0.1) is 6.92 Å². The zero-order valence-electron chi connectivity index (χ0n) is 12.7. The fourth-order valence-electron chi connectivity index (χ4n) is 2.15. The van der Waals surface area contributed by atoms with Gasteiger partial charge in [-0.2, -0.15) is 0 Å². The molecule has 112 valence electrons. The molecule has 21 heavy (non-hydrogen) atoms. The van der Waals surface area contributed by atoms with E-state index in [-0.39, 0.29) is 6.04 Å². The van der Waals surface area contributed by atoms with Gasteiger partial charge < -0.3 is 11.1 Å². The van der Waals surface area contributed by atoms with Crippen molar-refractivity contribution in [2.45, 2.75) is 31.2 Å². The Labute approximate surface area is 131 Å². The van der Waals surface area contributed by atoms with Crippen LogP contribution in [0.4, 0.5) is 5.82 Å². The number of rotatable bonds is 7. The van der Waals surface area contributed by atoms with Crippen LogP contribution in [-0.2, 0) is 0 Å².